The molecule has 21 heavy (non-hydrogen) atoms. The molecular weight excluding hydrogens is 268 g/mol. The van der Waals surface area contributed by atoms with E-state index in [1.54, 1.807) is 6.92 Å². The fourth-order valence-corrected chi connectivity index (χ4v) is 2.80. The molecule has 0 aromatic carbocycles. The number of carbonyl (C=O) groups excluding carboxylic acids is 2. The third kappa shape index (κ3) is 8.05. The predicted molar refractivity (Wildman–Crippen MR) is 83.0 cm³/mol. The van der Waals surface area contributed by atoms with E-state index in [1.165, 1.54) is 32.1 Å². The van der Waals surface area contributed by atoms with E-state index in [-0.39, 0.29) is 24.7 Å². The third-order valence-electron chi connectivity index (χ3n) is 4.07. The average molecular weight is 298 g/mol. The molecule has 1 aliphatic rings. The second-order valence-electron chi connectivity index (χ2n) is 5.78. The Morgan fingerprint density at radius 1 is 1.19 bits per heavy atom. The average Bonchev–Trinajstić information content (AvgIpc) is 2.50. The summed E-state index contributed by atoms with van der Waals surface area (Å²) in [6, 6.07) is 0.721. The molecular formula is C16H30N2O3. The van der Waals surface area contributed by atoms with Crippen molar-refractivity contribution in [1.82, 2.24) is 10.2 Å². The van der Waals surface area contributed by atoms with Gasteiger partial charge in [0.1, 0.15) is 0 Å². The van der Waals surface area contributed by atoms with Gasteiger partial charge in [0.05, 0.1) is 13.0 Å². The number of hydrogen-bond donors (Lipinski definition) is 1. The summed E-state index contributed by atoms with van der Waals surface area (Å²) in [4.78, 5) is 25.1. The number of amides is 1. The first kappa shape index (κ1) is 18.0. The number of nitrogens with one attached hydrogen (secondary N) is 1. The minimum absolute atomic E-state index is 0.0663. The number of carbonyl (C=O) groups is 2. The molecule has 1 fully saturated rings. The Kier molecular flexibility index (Phi) is 9.06. The first-order valence-electron chi connectivity index (χ1n) is 8.26. The number of esters is 1. The van der Waals surface area contributed by atoms with Crippen molar-refractivity contribution in [3.8, 4) is 0 Å². The zero-order valence-corrected chi connectivity index (χ0v) is 13.5. The smallest absolute Gasteiger partial charge is 0.306 e. The summed E-state index contributed by atoms with van der Waals surface area (Å²) in [6.07, 6.45) is 8.03. The van der Waals surface area contributed by atoms with Crippen LogP contribution in [0.5, 0.6) is 0 Å². The number of rotatable bonds is 9. The van der Waals surface area contributed by atoms with Crippen molar-refractivity contribution >= 4 is 11.9 Å². The van der Waals surface area contributed by atoms with E-state index in [4.69, 9.17) is 4.74 Å². The van der Waals surface area contributed by atoms with Crippen molar-refractivity contribution in [3.05, 3.63) is 0 Å². The summed E-state index contributed by atoms with van der Waals surface area (Å²) < 4.78 is 4.79. The number of ether oxygens (including phenoxy) is 1. The Hall–Kier alpha value is -1.10. The second kappa shape index (κ2) is 10.6. The van der Waals surface area contributed by atoms with Gasteiger partial charge in [-0.2, -0.15) is 0 Å². The first-order chi connectivity index (χ1) is 10.1. The molecule has 1 rings (SSSR count). The summed E-state index contributed by atoms with van der Waals surface area (Å²) in [5.74, 6) is -0.368. The zero-order chi connectivity index (χ0) is 15.5. The van der Waals surface area contributed by atoms with Gasteiger partial charge in [0.15, 0.2) is 0 Å². The van der Waals surface area contributed by atoms with Crippen LogP contribution < -0.4 is 5.32 Å². The lowest BCUT2D eigenvalue weighted by Gasteiger charge is -2.31. The van der Waals surface area contributed by atoms with Gasteiger partial charge in [-0.05, 0) is 39.8 Å². The van der Waals surface area contributed by atoms with Crippen LogP contribution in [0.15, 0.2) is 0 Å². The van der Waals surface area contributed by atoms with Crippen molar-refractivity contribution in [1.29, 1.82) is 0 Å². The van der Waals surface area contributed by atoms with E-state index in [2.05, 4.69) is 17.3 Å². The van der Waals surface area contributed by atoms with Crippen molar-refractivity contribution in [2.24, 2.45) is 0 Å². The zero-order valence-electron chi connectivity index (χ0n) is 13.5. The van der Waals surface area contributed by atoms with E-state index in [0.29, 0.717) is 13.2 Å². The van der Waals surface area contributed by atoms with E-state index >= 15 is 0 Å². The van der Waals surface area contributed by atoms with Crippen LogP contribution in [0.2, 0.25) is 0 Å². The van der Waals surface area contributed by atoms with Gasteiger partial charge in [-0.3, -0.25) is 9.59 Å². The molecule has 0 aliphatic heterocycles. The Labute approximate surface area is 128 Å². The molecule has 0 aromatic rings. The largest absolute Gasteiger partial charge is 0.466 e. The van der Waals surface area contributed by atoms with Crippen LogP contribution >= 0.6 is 0 Å². The van der Waals surface area contributed by atoms with E-state index in [9.17, 15) is 9.59 Å². The maximum absolute atomic E-state index is 11.6. The lowest BCUT2D eigenvalue weighted by molar-refractivity contribution is -0.144. The van der Waals surface area contributed by atoms with Gasteiger partial charge in [-0.15, -0.1) is 0 Å². The fraction of sp³-hybridized carbons (Fsp3) is 0.875. The number of nitrogens with zero attached hydrogens (tertiary/aromatic N) is 1. The SMILES string of the molecule is CCOC(=O)CCC(=O)NCCCN(C)C1CCCCC1. The van der Waals surface area contributed by atoms with Crippen LogP contribution in [0.25, 0.3) is 0 Å². The molecule has 0 spiro atoms. The molecule has 1 amide bonds. The standard InChI is InChI=1S/C16H30N2O3/c1-3-21-16(20)11-10-15(19)17-12-7-13-18(2)14-8-5-4-6-9-14/h14H,3-13H2,1-2H3,(H,17,19). The second-order valence-corrected chi connectivity index (χ2v) is 5.78. The van der Waals surface area contributed by atoms with Crippen molar-refractivity contribution in [2.75, 3.05) is 26.7 Å². The van der Waals surface area contributed by atoms with Crippen molar-refractivity contribution in [2.45, 2.75) is 64.3 Å². The molecule has 0 bridgehead atoms. The van der Waals surface area contributed by atoms with Crippen LogP contribution in [-0.4, -0.2) is 49.6 Å². The topological polar surface area (TPSA) is 58.6 Å². The Morgan fingerprint density at radius 3 is 2.57 bits per heavy atom. The molecule has 0 unspecified atom stereocenters. The molecule has 1 N–H and O–H groups in total. The lowest BCUT2D eigenvalue weighted by atomic mass is 9.94. The minimum Gasteiger partial charge on any atom is -0.466 e. The van der Waals surface area contributed by atoms with Gasteiger partial charge < -0.3 is 15.0 Å². The van der Waals surface area contributed by atoms with Crippen LogP contribution in [0.1, 0.15) is 58.3 Å². The molecule has 0 heterocycles. The quantitative estimate of drug-likeness (QED) is 0.523. The Bertz CT molecular complexity index is 315. The van der Waals surface area contributed by atoms with Crippen LogP contribution in [0.4, 0.5) is 0 Å². The van der Waals surface area contributed by atoms with Crippen molar-refractivity contribution in [3.63, 3.8) is 0 Å². The maximum Gasteiger partial charge on any atom is 0.306 e. The molecule has 5 heteroatoms. The molecule has 1 aliphatic carbocycles. The van der Waals surface area contributed by atoms with Gasteiger partial charge in [0, 0.05) is 19.0 Å². The summed E-state index contributed by atoms with van der Waals surface area (Å²) in [5.41, 5.74) is 0. The molecule has 0 atom stereocenters. The number of hydrogen-bond acceptors (Lipinski definition) is 4. The van der Waals surface area contributed by atoms with Gasteiger partial charge >= 0.3 is 5.97 Å². The highest BCUT2D eigenvalue weighted by atomic mass is 16.5. The molecule has 1 saturated carbocycles. The highest BCUT2D eigenvalue weighted by molar-refractivity contribution is 5.81. The van der Waals surface area contributed by atoms with Gasteiger partial charge in [-0.25, -0.2) is 0 Å². The van der Waals surface area contributed by atoms with E-state index in [1.807, 2.05) is 0 Å². The Morgan fingerprint density at radius 2 is 1.90 bits per heavy atom. The van der Waals surface area contributed by atoms with E-state index < -0.39 is 0 Å². The highest BCUT2D eigenvalue weighted by Gasteiger charge is 2.17. The van der Waals surface area contributed by atoms with Gasteiger partial charge in [-0.1, -0.05) is 19.3 Å². The fourth-order valence-electron chi connectivity index (χ4n) is 2.80. The summed E-state index contributed by atoms with van der Waals surface area (Å²) in [7, 11) is 2.18. The summed E-state index contributed by atoms with van der Waals surface area (Å²) in [6.45, 7) is 3.83. The van der Waals surface area contributed by atoms with Crippen LogP contribution in [0.3, 0.4) is 0 Å². The minimum atomic E-state index is -0.301. The maximum atomic E-state index is 11.6. The Balaban J connectivity index is 2.02. The van der Waals surface area contributed by atoms with Gasteiger partial charge in [0.2, 0.25) is 5.91 Å². The van der Waals surface area contributed by atoms with Gasteiger partial charge in [0.25, 0.3) is 0 Å². The monoisotopic (exact) mass is 298 g/mol. The predicted octanol–water partition coefficient (Wildman–Crippen LogP) is 2.10. The lowest BCUT2D eigenvalue weighted by Crippen LogP contribution is -2.35. The van der Waals surface area contributed by atoms with Crippen LogP contribution in [-0.2, 0) is 14.3 Å². The van der Waals surface area contributed by atoms with E-state index in [0.717, 1.165) is 19.0 Å². The normalized spacial score (nSPS) is 16.0. The summed E-state index contributed by atoms with van der Waals surface area (Å²) in [5, 5.41) is 2.87. The third-order valence-corrected chi connectivity index (χ3v) is 4.07. The van der Waals surface area contributed by atoms with Crippen LogP contribution in [0, 0.1) is 0 Å². The highest BCUT2D eigenvalue weighted by Crippen LogP contribution is 2.21. The summed E-state index contributed by atoms with van der Waals surface area (Å²) >= 11 is 0. The first-order valence-corrected chi connectivity index (χ1v) is 8.26. The molecule has 5 nitrogen and oxygen atoms in total. The molecule has 122 valence electrons. The molecule has 0 radical (unpaired) electrons. The molecule has 0 saturated heterocycles. The van der Waals surface area contributed by atoms with Crippen molar-refractivity contribution < 1.29 is 14.3 Å². The molecule has 0 aromatic heterocycles.